The third-order valence-electron chi connectivity index (χ3n) is 2.69. The zero-order valence-corrected chi connectivity index (χ0v) is 17.0. The molecule has 0 aliphatic rings. The Morgan fingerprint density at radius 1 is 0.565 bits per heavy atom. The minimum absolute atomic E-state index is 0.153. The van der Waals surface area contributed by atoms with Crippen LogP contribution in [-0.4, -0.2) is 11.2 Å². The van der Waals surface area contributed by atoms with E-state index in [4.69, 9.17) is 9.47 Å². The van der Waals surface area contributed by atoms with Crippen molar-refractivity contribution in [3.05, 3.63) is 55.7 Å². The number of hydrogen-bond acceptors (Lipinski definition) is 2. The van der Waals surface area contributed by atoms with Crippen LogP contribution in [0.1, 0.15) is 41.5 Å². The average molecular weight is 425 g/mol. The van der Waals surface area contributed by atoms with Crippen molar-refractivity contribution in [1.29, 1.82) is 0 Å². The van der Waals surface area contributed by atoms with Gasteiger partial charge in [0.1, 0.15) is 0 Å². The Morgan fingerprint density at radius 3 is 1.13 bits per heavy atom. The Labute approximate surface area is 150 Å². The van der Waals surface area contributed by atoms with Crippen molar-refractivity contribution < 1.29 is 30.7 Å². The summed E-state index contributed by atoms with van der Waals surface area (Å²) in [6, 6.07) is 17.0. The zero-order chi connectivity index (χ0) is 17.1. The van der Waals surface area contributed by atoms with Crippen molar-refractivity contribution in [3.8, 4) is 11.5 Å². The molecule has 126 valence electrons. The molecule has 2 aromatic carbocycles. The number of hydrogen-bond donors (Lipinski definition) is 0. The van der Waals surface area contributed by atoms with E-state index in [1.54, 1.807) is 0 Å². The fourth-order valence-corrected chi connectivity index (χ4v) is 4.12. The molecule has 0 heterocycles. The molecule has 0 unspecified atom stereocenters. The van der Waals surface area contributed by atoms with Gasteiger partial charge in [-0.1, -0.05) is 0 Å². The molecule has 0 saturated heterocycles. The molecule has 2 aromatic rings. The number of ether oxygens (including phenoxy) is 2. The molecule has 0 saturated carbocycles. The van der Waals surface area contributed by atoms with Crippen molar-refractivity contribution >= 4 is 0 Å². The van der Waals surface area contributed by atoms with Gasteiger partial charge in [-0.25, -0.2) is 0 Å². The van der Waals surface area contributed by atoms with E-state index in [0.29, 0.717) is 0 Å². The molecule has 0 amide bonds. The van der Waals surface area contributed by atoms with Crippen LogP contribution >= 0.6 is 0 Å². The molecule has 0 atom stereocenters. The zero-order valence-electron chi connectivity index (χ0n) is 14.8. The average Bonchev–Trinajstić information content (AvgIpc) is 2.40. The van der Waals surface area contributed by atoms with Crippen LogP contribution in [0, 0.1) is 7.14 Å². The Balaban J connectivity index is 1.99. The standard InChI is InChI=1S/C20H26IO2/c1-19(2,3)22-17-11-7-15(8-12-17)21-16-9-13-18(14-10-16)23-20(4,5)6/h7-14H,1-6H3/q-1. The molecule has 0 bridgehead atoms. The second-order valence-corrected chi connectivity index (χ2v) is 10.5. The quantitative estimate of drug-likeness (QED) is 0.700. The normalized spacial score (nSPS) is 12.3. The predicted molar refractivity (Wildman–Crippen MR) is 91.0 cm³/mol. The van der Waals surface area contributed by atoms with E-state index in [2.05, 4.69) is 90.1 Å². The summed E-state index contributed by atoms with van der Waals surface area (Å²) < 4.78 is 14.5. The number of benzene rings is 2. The van der Waals surface area contributed by atoms with Gasteiger partial charge in [0.2, 0.25) is 0 Å². The van der Waals surface area contributed by atoms with Crippen molar-refractivity contribution in [2.45, 2.75) is 52.7 Å². The molecular formula is C20H26IO2-. The third-order valence-corrected chi connectivity index (χ3v) is 5.38. The minimum atomic E-state index is -0.176. The molecule has 0 spiro atoms. The van der Waals surface area contributed by atoms with Crippen molar-refractivity contribution in [2.75, 3.05) is 0 Å². The van der Waals surface area contributed by atoms with Crippen LogP contribution in [0.2, 0.25) is 0 Å². The molecule has 23 heavy (non-hydrogen) atoms. The molecule has 3 heteroatoms. The van der Waals surface area contributed by atoms with Crippen molar-refractivity contribution in [2.24, 2.45) is 0 Å². The molecular weight excluding hydrogens is 399 g/mol. The first kappa shape index (κ1) is 18.1. The van der Waals surface area contributed by atoms with Gasteiger partial charge in [0.05, 0.1) is 0 Å². The number of halogens is 1. The van der Waals surface area contributed by atoms with Crippen molar-refractivity contribution in [3.63, 3.8) is 0 Å². The predicted octanol–water partition coefficient (Wildman–Crippen LogP) is 2.17. The number of rotatable bonds is 4. The summed E-state index contributed by atoms with van der Waals surface area (Å²) in [5, 5.41) is 0. The van der Waals surface area contributed by atoms with Crippen LogP contribution < -0.4 is 30.7 Å². The second kappa shape index (κ2) is 7.12. The van der Waals surface area contributed by atoms with Crippen LogP contribution in [0.5, 0.6) is 11.5 Å². The third kappa shape index (κ3) is 6.81. The Hall–Kier alpha value is -1.23. The van der Waals surface area contributed by atoms with Gasteiger partial charge in [-0.2, -0.15) is 0 Å². The molecule has 0 aliphatic carbocycles. The summed E-state index contributed by atoms with van der Waals surface area (Å²) in [6.45, 7) is 12.4. The molecule has 2 rings (SSSR count). The molecule has 0 radical (unpaired) electrons. The summed E-state index contributed by atoms with van der Waals surface area (Å²) in [5.74, 6) is 1.86. The van der Waals surface area contributed by atoms with E-state index in [-0.39, 0.29) is 32.4 Å². The van der Waals surface area contributed by atoms with E-state index < -0.39 is 0 Å². The maximum atomic E-state index is 5.86. The van der Waals surface area contributed by atoms with Crippen LogP contribution in [0.25, 0.3) is 0 Å². The van der Waals surface area contributed by atoms with Crippen LogP contribution in [-0.2, 0) is 0 Å². The fourth-order valence-electron chi connectivity index (χ4n) is 1.96. The summed E-state index contributed by atoms with van der Waals surface area (Å²) >= 11 is -0.176. The van der Waals surface area contributed by atoms with Crippen LogP contribution in [0.15, 0.2) is 48.5 Å². The van der Waals surface area contributed by atoms with Gasteiger partial charge in [0.15, 0.2) is 0 Å². The molecule has 0 aromatic heterocycles. The first-order chi connectivity index (χ1) is 10.6. The summed E-state index contributed by atoms with van der Waals surface area (Å²) in [7, 11) is 0. The summed E-state index contributed by atoms with van der Waals surface area (Å²) in [5.41, 5.74) is -0.307. The van der Waals surface area contributed by atoms with Gasteiger partial charge in [-0.15, -0.1) is 0 Å². The summed E-state index contributed by atoms with van der Waals surface area (Å²) in [4.78, 5) is 0. The maximum absolute atomic E-state index is 5.86. The van der Waals surface area contributed by atoms with E-state index in [1.807, 2.05) is 0 Å². The SMILES string of the molecule is CC(C)(C)Oc1ccc([I-]c2ccc(OC(C)(C)C)cc2)cc1. The Kier molecular flexibility index (Phi) is 5.61. The van der Waals surface area contributed by atoms with Gasteiger partial charge >= 0.3 is 151 Å². The first-order valence-electron chi connectivity index (χ1n) is 7.84. The van der Waals surface area contributed by atoms with Crippen LogP contribution in [0.3, 0.4) is 0 Å². The molecule has 0 fully saturated rings. The Bertz CT molecular complexity index is 559. The first-order valence-corrected chi connectivity index (χ1v) is 9.99. The molecule has 2 nitrogen and oxygen atoms in total. The van der Waals surface area contributed by atoms with E-state index in [9.17, 15) is 0 Å². The topological polar surface area (TPSA) is 18.5 Å². The van der Waals surface area contributed by atoms with Crippen LogP contribution in [0.4, 0.5) is 0 Å². The van der Waals surface area contributed by atoms with E-state index in [0.717, 1.165) is 11.5 Å². The van der Waals surface area contributed by atoms with Gasteiger partial charge < -0.3 is 0 Å². The summed E-state index contributed by atoms with van der Waals surface area (Å²) in [6.07, 6.45) is 0. The molecule has 0 N–H and O–H groups in total. The van der Waals surface area contributed by atoms with Gasteiger partial charge in [-0.05, 0) is 0 Å². The monoisotopic (exact) mass is 425 g/mol. The van der Waals surface area contributed by atoms with Gasteiger partial charge in [0, 0.05) is 0 Å². The second-order valence-electron chi connectivity index (χ2n) is 7.43. The van der Waals surface area contributed by atoms with E-state index >= 15 is 0 Å². The fraction of sp³-hybridized carbons (Fsp3) is 0.400. The van der Waals surface area contributed by atoms with Crippen molar-refractivity contribution in [1.82, 2.24) is 0 Å². The van der Waals surface area contributed by atoms with E-state index in [1.165, 1.54) is 7.14 Å². The van der Waals surface area contributed by atoms with Gasteiger partial charge in [0.25, 0.3) is 0 Å². The van der Waals surface area contributed by atoms with Gasteiger partial charge in [-0.3, -0.25) is 0 Å². The molecule has 0 aliphatic heterocycles. The Morgan fingerprint density at radius 2 is 0.870 bits per heavy atom.